The fourth-order valence-corrected chi connectivity index (χ4v) is 1.28. The van der Waals surface area contributed by atoms with Crippen LogP contribution in [0.2, 0.25) is 0 Å². The van der Waals surface area contributed by atoms with E-state index < -0.39 is 55.7 Å². The zero-order chi connectivity index (χ0) is 19.3. The van der Waals surface area contributed by atoms with Crippen molar-refractivity contribution in [2.45, 2.75) is 0 Å². The van der Waals surface area contributed by atoms with E-state index in [1.807, 2.05) is 0 Å². The molecule has 0 radical (unpaired) electrons. The second-order valence-electron chi connectivity index (χ2n) is 4.40. The molecule has 136 valence electrons. The van der Waals surface area contributed by atoms with Gasteiger partial charge in [0, 0.05) is 0 Å². The molecule has 0 rings (SSSR count). The number of rotatable bonds is 12. The van der Waals surface area contributed by atoms with Gasteiger partial charge in [-0.1, -0.05) is 0 Å². The van der Waals surface area contributed by atoms with Crippen molar-refractivity contribution in [1.82, 2.24) is 0 Å². The summed E-state index contributed by atoms with van der Waals surface area (Å²) in [6.07, 6.45) is -0.789. The first-order valence-corrected chi connectivity index (χ1v) is 6.30. The van der Waals surface area contributed by atoms with Crippen LogP contribution in [0.3, 0.4) is 0 Å². The van der Waals surface area contributed by atoms with E-state index in [1.165, 1.54) is 0 Å². The van der Waals surface area contributed by atoms with E-state index in [2.05, 4.69) is 18.9 Å². The fraction of sp³-hybridized carbons (Fsp3) is 0.385. The Labute approximate surface area is 139 Å². The summed E-state index contributed by atoms with van der Waals surface area (Å²) in [5, 5.41) is 0. The molecule has 0 spiro atoms. The van der Waals surface area contributed by atoms with Crippen molar-refractivity contribution in [3.05, 3.63) is 0 Å². The molecule has 0 aromatic heterocycles. The quantitative estimate of drug-likeness (QED) is 0.149. The maximum absolute atomic E-state index is 11.0. The summed E-state index contributed by atoms with van der Waals surface area (Å²) >= 11 is 0. The number of esters is 4. The molecule has 12 heteroatoms. The van der Waals surface area contributed by atoms with Crippen molar-refractivity contribution in [2.75, 3.05) is 26.4 Å². The molecule has 25 heavy (non-hydrogen) atoms. The lowest BCUT2D eigenvalue weighted by molar-refractivity contribution is -0.172. The van der Waals surface area contributed by atoms with E-state index in [-0.39, 0.29) is 25.1 Å². The first-order valence-electron chi connectivity index (χ1n) is 6.30. The second kappa shape index (κ2) is 11.2. The second-order valence-corrected chi connectivity index (χ2v) is 4.40. The van der Waals surface area contributed by atoms with E-state index in [0.717, 1.165) is 0 Å². The van der Waals surface area contributed by atoms with E-state index in [0.29, 0.717) is 0 Å². The topological polar surface area (TPSA) is 173 Å². The van der Waals surface area contributed by atoms with Crippen LogP contribution in [0.5, 0.6) is 0 Å². The van der Waals surface area contributed by atoms with Crippen LogP contribution in [-0.4, -0.2) is 75.4 Å². The average molecular weight is 360 g/mol. The van der Waals surface area contributed by atoms with E-state index >= 15 is 0 Å². The van der Waals surface area contributed by atoms with Gasteiger partial charge in [0.25, 0.3) is 0 Å². The summed E-state index contributed by atoms with van der Waals surface area (Å²) in [5.41, 5.74) is -1.78. The molecule has 0 saturated carbocycles. The number of carbonyl (C=O) groups excluding carboxylic acids is 8. The van der Waals surface area contributed by atoms with Crippen molar-refractivity contribution >= 4 is 49.0 Å². The highest BCUT2D eigenvalue weighted by molar-refractivity contribution is 6.21. The minimum absolute atomic E-state index is 0.197. The fourth-order valence-electron chi connectivity index (χ4n) is 1.28. The molecule has 0 bridgehead atoms. The van der Waals surface area contributed by atoms with Gasteiger partial charge in [-0.15, -0.1) is 0 Å². The summed E-state index contributed by atoms with van der Waals surface area (Å²) < 4.78 is 18.0. The molecule has 0 aliphatic rings. The lowest BCUT2D eigenvalue weighted by Crippen LogP contribution is -2.44. The lowest BCUT2D eigenvalue weighted by atomic mass is 9.92. The van der Waals surface area contributed by atoms with E-state index in [4.69, 9.17) is 0 Å². The number of carbonyl (C=O) groups is 8. The van der Waals surface area contributed by atoms with Crippen molar-refractivity contribution in [3.8, 4) is 0 Å². The largest absolute Gasteiger partial charge is 0.459 e. The molecular formula is C13H12O12. The maximum Gasteiger partial charge on any atom is 0.371 e. The highest BCUT2D eigenvalue weighted by atomic mass is 16.6. The monoisotopic (exact) mass is 360 g/mol. The van der Waals surface area contributed by atoms with Crippen LogP contribution in [0.15, 0.2) is 0 Å². The molecular weight excluding hydrogens is 348 g/mol. The highest BCUT2D eigenvalue weighted by Gasteiger charge is 2.38. The summed E-state index contributed by atoms with van der Waals surface area (Å²) in [6.45, 7) is -3.13. The van der Waals surface area contributed by atoms with Gasteiger partial charge in [0.1, 0.15) is 31.8 Å². The summed E-state index contributed by atoms with van der Waals surface area (Å²) in [5.74, 6) is -5.41. The molecule has 0 fully saturated rings. The molecule has 0 aromatic carbocycles. The molecule has 0 amide bonds. The predicted molar refractivity (Wildman–Crippen MR) is 70.5 cm³/mol. The number of aldehydes is 4. The first-order chi connectivity index (χ1) is 11.8. The minimum atomic E-state index is -1.78. The molecule has 0 heterocycles. The third kappa shape index (κ3) is 8.68. The Kier molecular flexibility index (Phi) is 9.62. The molecule has 0 atom stereocenters. The van der Waals surface area contributed by atoms with Crippen LogP contribution in [0.25, 0.3) is 0 Å². The Hall–Kier alpha value is -3.44. The van der Waals surface area contributed by atoms with Gasteiger partial charge in [0.15, 0.2) is 0 Å². The van der Waals surface area contributed by atoms with E-state index in [1.54, 1.807) is 0 Å². The lowest BCUT2D eigenvalue weighted by Gasteiger charge is -2.30. The first kappa shape index (κ1) is 21.6. The Bertz CT molecular complexity index is 462. The van der Waals surface area contributed by atoms with Crippen LogP contribution in [0, 0.1) is 5.41 Å². The Morgan fingerprint density at radius 2 is 0.720 bits per heavy atom. The van der Waals surface area contributed by atoms with Gasteiger partial charge in [-0.25, -0.2) is 19.2 Å². The minimum Gasteiger partial charge on any atom is -0.459 e. The van der Waals surface area contributed by atoms with Gasteiger partial charge in [0.2, 0.25) is 25.1 Å². The van der Waals surface area contributed by atoms with Crippen LogP contribution < -0.4 is 0 Å². The molecule has 12 nitrogen and oxygen atoms in total. The molecule has 0 aromatic rings. The van der Waals surface area contributed by atoms with Gasteiger partial charge < -0.3 is 18.9 Å². The highest BCUT2D eigenvalue weighted by Crippen LogP contribution is 2.21. The van der Waals surface area contributed by atoms with Crippen molar-refractivity contribution in [2.24, 2.45) is 5.41 Å². The standard InChI is InChI=1S/C13H12O12/c14-1-9(18)22-5-13(6-23-10(19)2-15,7-24-11(20)3-16)8-25-12(21)4-17/h1-4H,5-8H2. The normalized spacial score (nSPS) is 9.92. The summed E-state index contributed by atoms with van der Waals surface area (Å²) in [4.78, 5) is 85.0. The summed E-state index contributed by atoms with van der Waals surface area (Å²) in [6, 6.07) is 0. The Morgan fingerprint density at radius 1 is 0.520 bits per heavy atom. The molecule has 0 unspecified atom stereocenters. The van der Waals surface area contributed by atoms with Crippen molar-refractivity contribution in [1.29, 1.82) is 0 Å². The zero-order valence-electron chi connectivity index (χ0n) is 12.5. The third-order valence-corrected chi connectivity index (χ3v) is 2.47. The zero-order valence-corrected chi connectivity index (χ0v) is 12.5. The average Bonchev–Trinajstić information content (AvgIpc) is 2.65. The van der Waals surface area contributed by atoms with Gasteiger partial charge in [-0.2, -0.15) is 0 Å². The Morgan fingerprint density at radius 3 is 0.880 bits per heavy atom. The van der Waals surface area contributed by atoms with Crippen LogP contribution >= 0.6 is 0 Å². The van der Waals surface area contributed by atoms with Crippen molar-refractivity contribution < 1.29 is 57.3 Å². The smallest absolute Gasteiger partial charge is 0.371 e. The maximum atomic E-state index is 11.0. The van der Waals surface area contributed by atoms with Gasteiger partial charge in [-0.3, -0.25) is 19.2 Å². The van der Waals surface area contributed by atoms with Crippen LogP contribution in [-0.2, 0) is 57.3 Å². The molecule has 0 aliphatic heterocycles. The molecule has 0 saturated heterocycles. The predicted octanol–water partition coefficient (Wildman–Crippen LogP) is -3.06. The third-order valence-electron chi connectivity index (χ3n) is 2.47. The van der Waals surface area contributed by atoms with Crippen molar-refractivity contribution in [3.63, 3.8) is 0 Å². The molecule has 0 aliphatic carbocycles. The Balaban J connectivity index is 5.36. The number of ether oxygens (including phenoxy) is 4. The van der Waals surface area contributed by atoms with Crippen LogP contribution in [0.1, 0.15) is 0 Å². The molecule has 0 N–H and O–H groups in total. The number of hydrogen-bond acceptors (Lipinski definition) is 12. The van der Waals surface area contributed by atoms with Gasteiger partial charge >= 0.3 is 23.9 Å². The summed E-state index contributed by atoms with van der Waals surface area (Å²) in [7, 11) is 0. The SMILES string of the molecule is O=CC(=O)OCC(COC(=O)C=O)(COC(=O)C=O)COC(=O)C=O. The van der Waals surface area contributed by atoms with E-state index in [9.17, 15) is 38.4 Å². The van der Waals surface area contributed by atoms with Gasteiger partial charge in [0.05, 0.1) is 0 Å². The van der Waals surface area contributed by atoms with Crippen LogP contribution in [0.4, 0.5) is 0 Å². The number of hydrogen-bond donors (Lipinski definition) is 0. The van der Waals surface area contributed by atoms with Gasteiger partial charge in [-0.05, 0) is 0 Å².